The molecular formula is C21H24N4O2S. The van der Waals surface area contributed by atoms with Crippen LogP contribution in [0.3, 0.4) is 0 Å². The first kappa shape index (κ1) is 18.8. The number of fused-ring (bicyclic) bond motifs is 3. The highest BCUT2D eigenvalue weighted by molar-refractivity contribution is 7.18. The van der Waals surface area contributed by atoms with Gasteiger partial charge in [-0.1, -0.05) is 24.3 Å². The van der Waals surface area contributed by atoms with Gasteiger partial charge in [0.1, 0.15) is 6.54 Å². The number of rotatable bonds is 4. The van der Waals surface area contributed by atoms with Crippen molar-refractivity contribution in [1.29, 1.82) is 0 Å². The third kappa shape index (κ3) is 3.35. The normalized spacial score (nSPS) is 16.2. The molecule has 4 rings (SSSR count). The number of nitrogens with zero attached hydrogens (tertiary/aromatic N) is 4. The SMILES string of the molecule is CCN(C(=O)Cn1nnc2sc3c(c2c1=O)CC[C@H](C)C3)c1cccc(C)c1. The lowest BCUT2D eigenvalue weighted by atomic mass is 9.89. The molecule has 146 valence electrons. The maximum Gasteiger partial charge on any atom is 0.279 e. The molecule has 0 saturated carbocycles. The number of benzene rings is 1. The first-order chi connectivity index (χ1) is 13.5. The summed E-state index contributed by atoms with van der Waals surface area (Å²) in [7, 11) is 0. The van der Waals surface area contributed by atoms with Crippen molar-refractivity contribution in [3.05, 3.63) is 50.6 Å². The summed E-state index contributed by atoms with van der Waals surface area (Å²) in [4.78, 5) is 29.6. The van der Waals surface area contributed by atoms with Crippen molar-refractivity contribution in [2.75, 3.05) is 11.4 Å². The molecule has 0 saturated heterocycles. The van der Waals surface area contributed by atoms with Gasteiger partial charge in [-0.15, -0.1) is 16.4 Å². The third-order valence-corrected chi connectivity index (χ3v) is 6.54. The highest BCUT2D eigenvalue weighted by Gasteiger charge is 2.24. The zero-order valence-corrected chi connectivity index (χ0v) is 17.3. The predicted octanol–water partition coefficient (Wildman–Crippen LogP) is 3.34. The summed E-state index contributed by atoms with van der Waals surface area (Å²) in [6.07, 6.45) is 2.97. The van der Waals surface area contributed by atoms with Crippen molar-refractivity contribution in [3.8, 4) is 0 Å². The van der Waals surface area contributed by atoms with Gasteiger partial charge in [-0.25, -0.2) is 4.68 Å². The fourth-order valence-electron chi connectivity index (χ4n) is 3.91. The van der Waals surface area contributed by atoms with Crippen LogP contribution in [0.25, 0.3) is 10.2 Å². The summed E-state index contributed by atoms with van der Waals surface area (Å²) < 4.78 is 1.22. The minimum atomic E-state index is -0.203. The summed E-state index contributed by atoms with van der Waals surface area (Å²) in [5.74, 6) is 0.464. The zero-order chi connectivity index (χ0) is 19.8. The second-order valence-electron chi connectivity index (χ2n) is 7.56. The van der Waals surface area contributed by atoms with Crippen LogP contribution in [0.4, 0.5) is 5.69 Å². The van der Waals surface area contributed by atoms with Gasteiger partial charge in [0.15, 0.2) is 4.83 Å². The van der Waals surface area contributed by atoms with Gasteiger partial charge in [0.2, 0.25) is 5.91 Å². The minimum Gasteiger partial charge on any atom is -0.311 e. The Bertz CT molecular complexity index is 1100. The molecule has 7 heteroatoms. The van der Waals surface area contributed by atoms with Gasteiger partial charge < -0.3 is 4.90 Å². The van der Waals surface area contributed by atoms with Crippen LogP contribution in [0.5, 0.6) is 0 Å². The molecule has 1 aliphatic rings. The van der Waals surface area contributed by atoms with E-state index < -0.39 is 0 Å². The Hall–Kier alpha value is -2.54. The Labute approximate surface area is 167 Å². The van der Waals surface area contributed by atoms with Crippen LogP contribution in [0.15, 0.2) is 29.1 Å². The van der Waals surface area contributed by atoms with Crippen LogP contribution in [-0.2, 0) is 24.2 Å². The van der Waals surface area contributed by atoms with Crippen LogP contribution in [-0.4, -0.2) is 27.4 Å². The summed E-state index contributed by atoms with van der Waals surface area (Å²) >= 11 is 1.57. The van der Waals surface area contributed by atoms with E-state index in [2.05, 4.69) is 17.2 Å². The van der Waals surface area contributed by atoms with E-state index in [1.165, 1.54) is 9.56 Å². The van der Waals surface area contributed by atoms with Crippen molar-refractivity contribution in [2.45, 2.75) is 46.6 Å². The molecule has 0 radical (unpaired) electrons. The maximum atomic E-state index is 13.1. The highest BCUT2D eigenvalue weighted by Crippen LogP contribution is 2.35. The number of carbonyl (C=O) groups is 1. The Balaban J connectivity index is 1.67. The van der Waals surface area contributed by atoms with Gasteiger partial charge in [0, 0.05) is 17.1 Å². The molecule has 0 bridgehead atoms. The number of anilines is 1. The Morgan fingerprint density at radius 1 is 1.39 bits per heavy atom. The fourth-order valence-corrected chi connectivity index (χ4v) is 5.23. The zero-order valence-electron chi connectivity index (χ0n) is 16.4. The quantitative estimate of drug-likeness (QED) is 0.678. The fraction of sp³-hybridized carbons (Fsp3) is 0.429. The van der Waals surface area contributed by atoms with Crippen LogP contribution in [0.1, 0.15) is 36.3 Å². The first-order valence-corrected chi connectivity index (χ1v) is 10.5. The van der Waals surface area contributed by atoms with E-state index in [1.807, 2.05) is 38.1 Å². The van der Waals surface area contributed by atoms with Crippen LogP contribution in [0, 0.1) is 12.8 Å². The average Bonchev–Trinajstić information content (AvgIpc) is 3.03. The average molecular weight is 397 g/mol. The van der Waals surface area contributed by atoms with Crippen molar-refractivity contribution in [3.63, 3.8) is 0 Å². The predicted molar refractivity (Wildman–Crippen MR) is 112 cm³/mol. The number of amides is 1. The van der Waals surface area contributed by atoms with E-state index in [0.29, 0.717) is 22.7 Å². The summed E-state index contributed by atoms with van der Waals surface area (Å²) in [5.41, 5.74) is 2.83. The van der Waals surface area contributed by atoms with Gasteiger partial charge in [-0.2, -0.15) is 0 Å². The molecule has 0 aliphatic heterocycles. The smallest absolute Gasteiger partial charge is 0.279 e. The highest BCUT2D eigenvalue weighted by atomic mass is 32.1. The van der Waals surface area contributed by atoms with Gasteiger partial charge in [-0.05, 0) is 62.3 Å². The van der Waals surface area contributed by atoms with E-state index in [4.69, 9.17) is 0 Å². The lowest BCUT2D eigenvalue weighted by Gasteiger charge is -2.21. The van der Waals surface area contributed by atoms with E-state index in [0.717, 1.165) is 36.1 Å². The molecule has 2 aromatic heterocycles. The lowest BCUT2D eigenvalue weighted by Crippen LogP contribution is -2.37. The van der Waals surface area contributed by atoms with Crippen LogP contribution < -0.4 is 10.5 Å². The summed E-state index contributed by atoms with van der Waals surface area (Å²) in [6.45, 7) is 6.57. The van der Waals surface area contributed by atoms with Crippen molar-refractivity contribution >= 4 is 33.1 Å². The topological polar surface area (TPSA) is 68.1 Å². The van der Waals surface area contributed by atoms with Gasteiger partial charge >= 0.3 is 0 Å². The number of hydrogen-bond acceptors (Lipinski definition) is 5. The number of thiophene rings is 1. The van der Waals surface area contributed by atoms with Crippen LogP contribution in [0.2, 0.25) is 0 Å². The largest absolute Gasteiger partial charge is 0.311 e. The number of hydrogen-bond donors (Lipinski definition) is 0. The molecule has 28 heavy (non-hydrogen) atoms. The first-order valence-electron chi connectivity index (χ1n) is 9.73. The molecule has 3 aromatic rings. The molecule has 0 unspecified atom stereocenters. The molecule has 0 spiro atoms. The Morgan fingerprint density at radius 2 is 2.21 bits per heavy atom. The molecule has 0 N–H and O–H groups in total. The third-order valence-electron chi connectivity index (χ3n) is 5.40. The van der Waals surface area contributed by atoms with E-state index in [1.54, 1.807) is 16.2 Å². The number of aromatic nitrogens is 3. The van der Waals surface area contributed by atoms with Crippen molar-refractivity contribution in [2.24, 2.45) is 5.92 Å². The van der Waals surface area contributed by atoms with Gasteiger partial charge in [0.25, 0.3) is 5.56 Å². The molecule has 0 fully saturated rings. The molecular weight excluding hydrogens is 372 g/mol. The number of carbonyl (C=O) groups excluding carboxylic acids is 1. The Kier molecular flexibility index (Phi) is 5.02. The molecule has 1 aliphatic carbocycles. The van der Waals surface area contributed by atoms with Crippen molar-refractivity contribution < 1.29 is 4.79 Å². The van der Waals surface area contributed by atoms with Gasteiger partial charge in [-0.3, -0.25) is 9.59 Å². The second kappa shape index (κ2) is 7.47. The summed E-state index contributed by atoms with van der Waals surface area (Å²) in [6, 6.07) is 7.79. The Morgan fingerprint density at radius 3 is 2.96 bits per heavy atom. The molecule has 1 amide bonds. The molecule has 2 heterocycles. The minimum absolute atomic E-state index is 0.107. The van der Waals surface area contributed by atoms with E-state index in [9.17, 15) is 9.59 Å². The van der Waals surface area contributed by atoms with E-state index in [-0.39, 0.29) is 18.0 Å². The molecule has 6 nitrogen and oxygen atoms in total. The second-order valence-corrected chi connectivity index (χ2v) is 8.64. The van der Waals surface area contributed by atoms with Gasteiger partial charge in [0.05, 0.1) is 5.39 Å². The summed E-state index contributed by atoms with van der Waals surface area (Å²) in [5, 5.41) is 8.97. The van der Waals surface area contributed by atoms with Crippen LogP contribution >= 0.6 is 11.3 Å². The van der Waals surface area contributed by atoms with E-state index >= 15 is 0 Å². The molecule has 1 aromatic carbocycles. The van der Waals surface area contributed by atoms with Crippen molar-refractivity contribution in [1.82, 2.24) is 15.0 Å². The number of likely N-dealkylation sites (N-methyl/N-ethyl adjacent to an activating group) is 1. The monoisotopic (exact) mass is 396 g/mol. The standard InChI is InChI=1S/C21H24N4O2S/c1-4-24(15-7-5-6-13(2)10-15)18(26)12-25-21(27)19-16-9-8-14(3)11-17(16)28-20(19)22-23-25/h5-7,10,14H,4,8-9,11-12H2,1-3H3/t14-/m0/s1. The number of aryl methyl sites for hydroxylation is 2. The lowest BCUT2D eigenvalue weighted by molar-refractivity contribution is -0.119. The maximum absolute atomic E-state index is 13.1. The molecule has 1 atom stereocenters.